The van der Waals surface area contributed by atoms with Crippen LogP contribution in [0.25, 0.3) is 11.0 Å². The summed E-state index contributed by atoms with van der Waals surface area (Å²) in [4.78, 5) is 9.20. The molecule has 1 unspecified atom stereocenters. The molecule has 1 aliphatic heterocycles. The predicted octanol–water partition coefficient (Wildman–Crippen LogP) is 3.04. The van der Waals surface area contributed by atoms with Crippen LogP contribution in [0, 0.1) is 0 Å². The molecule has 1 N–H and O–H groups in total. The lowest BCUT2D eigenvalue weighted by atomic mass is 9.81. The molecular formula is C16H24N4. The van der Waals surface area contributed by atoms with Gasteiger partial charge >= 0.3 is 0 Å². The SMILES string of the molecule is CCCC1(c2nc3cnccc3n2C(C)C)CCNC1. The lowest BCUT2D eigenvalue weighted by molar-refractivity contribution is 0.376. The highest BCUT2D eigenvalue weighted by molar-refractivity contribution is 5.75. The minimum atomic E-state index is 0.192. The second-order valence-corrected chi connectivity index (χ2v) is 6.22. The number of fused-ring (bicyclic) bond motifs is 1. The van der Waals surface area contributed by atoms with Crippen LogP contribution >= 0.6 is 0 Å². The quantitative estimate of drug-likeness (QED) is 0.930. The summed E-state index contributed by atoms with van der Waals surface area (Å²) in [7, 11) is 0. The van der Waals surface area contributed by atoms with Gasteiger partial charge in [0.15, 0.2) is 0 Å². The van der Waals surface area contributed by atoms with Crippen LogP contribution in [-0.2, 0) is 5.41 Å². The van der Waals surface area contributed by atoms with E-state index < -0.39 is 0 Å². The largest absolute Gasteiger partial charge is 0.325 e. The molecule has 2 aromatic rings. The van der Waals surface area contributed by atoms with E-state index in [-0.39, 0.29) is 5.41 Å². The fourth-order valence-corrected chi connectivity index (χ4v) is 3.59. The molecule has 0 saturated carbocycles. The van der Waals surface area contributed by atoms with Crippen molar-refractivity contribution in [3.05, 3.63) is 24.3 Å². The summed E-state index contributed by atoms with van der Waals surface area (Å²) in [5.74, 6) is 1.25. The van der Waals surface area contributed by atoms with Gasteiger partial charge in [-0.1, -0.05) is 13.3 Å². The summed E-state index contributed by atoms with van der Waals surface area (Å²) in [6.07, 6.45) is 7.33. The van der Waals surface area contributed by atoms with Gasteiger partial charge in [-0.25, -0.2) is 4.98 Å². The Morgan fingerprint density at radius 1 is 1.45 bits per heavy atom. The predicted molar refractivity (Wildman–Crippen MR) is 82.0 cm³/mol. The smallest absolute Gasteiger partial charge is 0.117 e. The molecule has 0 spiro atoms. The Morgan fingerprint density at radius 2 is 2.30 bits per heavy atom. The molecule has 1 fully saturated rings. The zero-order chi connectivity index (χ0) is 14.2. The summed E-state index contributed by atoms with van der Waals surface area (Å²) in [6, 6.07) is 2.51. The van der Waals surface area contributed by atoms with Gasteiger partial charge in [0.05, 0.1) is 11.7 Å². The van der Waals surface area contributed by atoms with Gasteiger partial charge in [-0.2, -0.15) is 0 Å². The van der Waals surface area contributed by atoms with Gasteiger partial charge in [0.2, 0.25) is 0 Å². The first-order valence-electron chi connectivity index (χ1n) is 7.71. The Bertz CT molecular complexity index is 594. The molecule has 0 radical (unpaired) electrons. The van der Waals surface area contributed by atoms with Gasteiger partial charge in [0.1, 0.15) is 11.3 Å². The van der Waals surface area contributed by atoms with Gasteiger partial charge in [0, 0.05) is 24.2 Å². The van der Waals surface area contributed by atoms with Crippen molar-refractivity contribution in [2.75, 3.05) is 13.1 Å². The third-order valence-corrected chi connectivity index (χ3v) is 4.45. The van der Waals surface area contributed by atoms with Crippen molar-refractivity contribution in [3.63, 3.8) is 0 Å². The molecule has 0 bridgehead atoms. The number of nitrogens with zero attached hydrogens (tertiary/aromatic N) is 3. The molecule has 0 amide bonds. The molecule has 1 atom stereocenters. The average molecular weight is 272 g/mol. The minimum absolute atomic E-state index is 0.192. The highest BCUT2D eigenvalue weighted by Crippen LogP contribution is 2.37. The van der Waals surface area contributed by atoms with Crippen molar-refractivity contribution in [3.8, 4) is 0 Å². The van der Waals surface area contributed by atoms with Gasteiger partial charge in [-0.15, -0.1) is 0 Å². The third kappa shape index (κ3) is 2.03. The fraction of sp³-hybridized carbons (Fsp3) is 0.625. The van der Waals surface area contributed by atoms with E-state index in [1.54, 1.807) is 0 Å². The first-order valence-corrected chi connectivity index (χ1v) is 7.71. The van der Waals surface area contributed by atoms with E-state index >= 15 is 0 Å². The first-order chi connectivity index (χ1) is 9.68. The molecule has 3 heterocycles. The van der Waals surface area contributed by atoms with Crippen molar-refractivity contribution in [1.29, 1.82) is 0 Å². The Morgan fingerprint density at radius 3 is 2.95 bits per heavy atom. The van der Waals surface area contributed by atoms with Crippen molar-refractivity contribution < 1.29 is 0 Å². The second kappa shape index (κ2) is 5.17. The van der Waals surface area contributed by atoms with E-state index in [0.29, 0.717) is 6.04 Å². The Balaban J connectivity index is 2.21. The Hall–Kier alpha value is -1.42. The van der Waals surface area contributed by atoms with Crippen LogP contribution in [0.1, 0.15) is 51.9 Å². The van der Waals surface area contributed by atoms with Crippen LogP contribution < -0.4 is 5.32 Å². The number of nitrogens with one attached hydrogen (secondary N) is 1. The zero-order valence-corrected chi connectivity index (χ0v) is 12.7. The normalized spacial score (nSPS) is 23.0. The van der Waals surface area contributed by atoms with E-state index in [4.69, 9.17) is 4.98 Å². The van der Waals surface area contributed by atoms with Crippen LogP contribution in [0.4, 0.5) is 0 Å². The first kappa shape index (κ1) is 13.6. The lowest BCUT2D eigenvalue weighted by Gasteiger charge is -2.29. The molecule has 0 aliphatic carbocycles. The minimum Gasteiger partial charge on any atom is -0.325 e. The number of aromatic nitrogens is 3. The van der Waals surface area contributed by atoms with Crippen molar-refractivity contribution in [2.24, 2.45) is 0 Å². The Kier molecular flexibility index (Phi) is 3.50. The van der Waals surface area contributed by atoms with Crippen molar-refractivity contribution >= 4 is 11.0 Å². The van der Waals surface area contributed by atoms with Gasteiger partial charge in [0.25, 0.3) is 0 Å². The number of imidazole rings is 1. The number of pyridine rings is 1. The van der Waals surface area contributed by atoms with Crippen LogP contribution in [-0.4, -0.2) is 27.6 Å². The molecule has 0 aromatic carbocycles. The highest BCUT2D eigenvalue weighted by atomic mass is 15.1. The molecular weight excluding hydrogens is 248 g/mol. The number of hydrogen-bond donors (Lipinski definition) is 1. The molecule has 1 saturated heterocycles. The molecule has 20 heavy (non-hydrogen) atoms. The van der Waals surface area contributed by atoms with Crippen molar-refractivity contribution in [1.82, 2.24) is 19.9 Å². The standard InChI is InChI=1S/C16H24N4/c1-4-6-16(7-9-18-11-16)15-19-13-10-17-8-5-14(13)20(15)12(2)3/h5,8,10,12,18H,4,6-7,9,11H2,1-3H3. The maximum atomic E-state index is 4.97. The molecule has 4 nitrogen and oxygen atoms in total. The van der Waals surface area contributed by atoms with Crippen LogP contribution in [0.2, 0.25) is 0 Å². The van der Waals surface area contributed by atoms with E-state index in [1.165, 1.54) is 30.6 Å². The molecule has 4 heteroatoms. The van der Waals surface area contributed by atoms with Crippen LogP contribution in [0.3, 0.4) is 0 Å². The maximum absolute atomic E-state index is 4.97. The topological polar surface area (TPSA) is 42.7 Å². The number of hydrogen-bond acceptors (Lipinski definition) is 3. The summed E-state index contributed by atoms with van der Waals surface area (Å²) >= 11 is 0. The van der Waals surface area contributed by atoms with Crippen molar-refractivity contribution in [2.45, 2.75) is 51.5 Å². The average Bonchev–Trinajstić information content (AvgIpc) is 3.03. The van der Waals surface area contributed by atoms with Crippen LogP contribution in [0.15, 0.2) is 18.5 Å². The monoisotopic (exact) mass is 272 g/mol. The second-order valence-electron chi connectivity index (χ2n) is 6.22. The summed E-state index contributed by atoms with van der Waals surface area (Å²) in [5, 5.41) is 3.54. The Labute approximate surface area is 120 Å². The lowest BCUT2D eigenvalue weighted by Crippen LogP contribution is -2.33. The van der Waals surface area contributed by atoms with E-state index in [9.17, 15) is 0 Å². The molecule has 2 aromatic heterocycles. The summed E-state index contributed by atoms with van der Waals surface area (Å²) < 4.78 is 2.42. The maximum Gasteiger partial charge on any atom is 0.117 e. The fourth-order valence-electron chi connectivity index (χ4n) is 3.59. The van der Waals surface area contributed by atoms with E-state index in [1.807, 2.05) is 12.4 Å². The summed E-state index contributed by atoms with van der Waals surface area (Å²) in [5.41, 5.74) is 2.43. The zero-order valence-electron chi connectivity index (χ0n) is 12.7. The summed E-state index contributed by atoms with van der Waals surface area (Å²) in [6.45, 7) is 8.90. The number of rotatable bonds is 4. The van der Waals surface area contributed by atoms with Gasteiger partial charge in [-0.05, 0) is 39.3 Å². The van der Waals surface area contributed by atoms with Gasteiger partial charge in [-0.3, -0.25) is 4.98 Å². The molecule has 1 aliphatic rings. The van der Waals surface area contributed by atoms with E-state index in [0.717, 1.165) is 18.6 Å². The molecule has 108 valence electrons. The molecule has 3 rings (SSSR count). The van der Waals surface area contributed by atoms with E-state index in [2.05, 4.69) is 41.7 Å². The van der Waals surface area contributed by atoms with Crippen LogP contribution in [0.5, 0.6) is 0 Å². The highest BCUT2D eigenvalue weighted by Gasteiger charge is 2.39. The van der Waals surface area contributed by atoms with Gasteiger partial charge < -0.3 is 9.88 Å². The third-order valence-electron chi connectivity index (χ3n) is 4.45.